The normalized spacial score (nSPS) is 23.7. The van der Waals surface area contributed by atoms with Crippen molar-refractivity contribution in [2.75, 3.05) is 7.05 Å². The van der Waals surface area contributed by atoms with E-state index in [0.717, 1.165) is 0 Å². The molecule has 1 aromatic carbocycles. The Hall–Kier alpha value is -1.67. The van der Waals surface area contributed by atoms with Gasteiger partial charge in [0.25, 0.3) is 0 Å². The van der Waals surface area contributed by atoms with E-state index >= 15 is 4.39 Å². The molecule has 1 aliphatic heterocycles. The Bertz CT molecular complexity index is 737. The summed E-state index contributed by atoms with van der Waals surface area (Å²) < 4.78 is 41.5. The fourth-order valence-electron chi connectivity index (χ4n) is 3.49. The van der Waals surface area contributed by atoms with E-state index in [0.29, 0.717) is 24.0 Å². The van der Waals surface area contributed by atoms with Crippen molar-refractivity contribution in [3.8, 4) is 0 Å². The maximum atomic E-state index is 15.2. The molecule has 1 saturated heterocycles. The number of hydrogen-bond acceptors (Lipinski definition) is 3. The molecule has 0 radical (unpaired) electrons. The molecule has 0 bridgehead atoms. The van der Waals surface area contributed by atoms with E-state index in [9.17, 15) is 14.3 Å². The van der Waals surface area contributed by atoms with Crippen LogP contribution in [0, 0.1) is 11.6 Å². The Morgan fingerprint density at radius 1 is 1.27 bits per heavy atom. The molecule has 26 heavy (non-hydrogen) atoms. The third-order valence-corrected chi connectivity index (χ3v) is 5.97. The largest absolute Gasteiger partial charge is 0.500 e. The maximum Gasteiger partial charge on any atom is 0.500 e. The summed E-state index contributed by atoms with van der Waals surface area (Å²) in [6.07, 6.45) is 0.100. The Morgan fingerprint density at radius 2 is 1.85 bits per heavy atom. The number of fused-ring (bicyclic) bond motifs is 1. The molecule has 1 aliphatic carbocycles. The zero-order chi connectivity index (χ0) is 19.4. The summed E-state index contributed by atoms with van der Waals surface area (Å²) in [5.74, 6) is -1.38. The molecule has 1 amide bonds. The van der Waals surface area contributed by atoms with Gasteiger partial charge >= 0.3 is 13.2 Å². The number of nitrogens with zero attached hydrogens (tertiary/aromatic N) is 1. The van der Waals surface area contributed by atoms with Gasteiger partial charge in [0.1, 0.15) is 11.6 Å². The second-order valence-electron chi connectivity index (χ2n) is 8.10. The molecule has 8 heteroatoms. The van der Waals surface area contributed by atoms with Crippen molar-refractivity contribution in [3.05, 3.63) is 28.8 Å². The number of halogens is 2. The minimum absolute atomic E-state index is 0.205. The van der Waals surface area contributed by atoms with Crippen molar-refractivity contribution in [2.24, 2.45) is 0 Å². The molecule has 5 nitrogen and oxygen atoms in total. The first-order valence-electron chi connectivity index (χ1n) is 8.75. The topological polar surface area (TPSA) is 59.0 Å². The maximum absolute atomic E-state index is 15.2. The van der Waals surface area contributed by atoms with Gasteiger partial charge in [-0.1, -0.05) is 0 Å². The molecule has 1 unspecified atom stereocenters. The number of carboxylic acid groups (broad SMARTS) is 1. The Balaban J connectivity index is 1.98. The molecule has 0 aromatic heterocycles. The van der Waals surface area contributed by atoms with Crippen LogP contribution < -0.4 is 5.46 Å². The molecule has 1 aromatic rings. The Labute approximate surface area is 152 Å². The predicted octanol–water partition coefficient (Wildman–Crippen LogP) is 2.73. The van der Waals surface area contributed by atoms with Crippen molar-refractivity contribution in [3.63, 3.8) is 0 Å². The summed E-state index contributed by atoms with van der Waals surface area (Å²) in [6.45, 7) is 7.27. The minimum Gasteiger partial charge on any atom is -0.465 e. The van der Waals surface area contributed by atoms with E-state index in [2.05, 4.69) is 0 Å². The molecule has 3 rings (SSSR count). The quantitative estimate of drug-likeness (QED) is 0.817. The monoisotopic (exact) mass is 367 g/mol. The molecule has 1 fully saturated rings. The van der Waals surface area contributed by atoms with Crippen molar-refractivity contribution < 1.29 is 28.0 Å². The van der Waals surface area contributed by atoms with Gasteiger partial charge in [-0.3, -0.25) is 0 Å². The lowest BCUT2D eigenvalue weighted by atomic mass is 9.74. The first-order chi connectivity index (χ1) is 11.9. The molecule has 1 heterocycles. The van der Waals surface area contributed by atoms with Gasteiger partial charge in [0.15, 0.2) is 0 Å². The van der Waals surface area contributed by atoms with Crippen molar-refractivity contribution in [2.45, 2.75) is 64.2 Å². The van der Waals surface area contributed by atoms with Crippen molar-refractivity contribution >= 4 is 18.7 Å². The van der Waals surface area contributed by atoms with Gasteiger partial charge in [0.2, 0.25) is 0 Å². The van der Waals surface area contributed by atoms with Crippen LogP contribution in [0.4, 0.5) is 13.6 Å². The van der Waals surface area contributed by atoms with Crippen LogP contribution in [0.15, 0.2) is 6.07 Å². The Morgan fingerprint density at radius 3 is 2.38 bits per heavy atom. The fourth-order valence-corrected chi connectivity index (χ4v) is 3.49. The smallest absolute Gasteiger partial charge is 0.465 e. The summed E-state index contributed by atoms with van der Waals surface area (Å²) in [6, 6.07) is 0.988. The number of carbonyl (C=O) groups is 1. The lowest BCUT2D eigenvalue weighted by molar-refractivity contribution is 0.00578. The van der Waals surface area contributed by atoms with Crippen LogP contribution in [-0.2, 0) is 22.2 Å². The minimum atomic E-state index is -1.14. The number of amides is 1. The van der Waals surface area contributed by atoms with Crippen LogP contribution >= 0.6 is 0 Å². The van der Waals surface area contributed by atoms with Crippen molar-refractivity contribution in [1.82, 2.24) is 4.90 Å². The molecule has 1 atom stereocenters. The zero-order valence-corrected chi connectivity index (χ0v) is 15.7. The third-order valence-electron chi connectivity index (χ3n) is 5.97. The number of rotatable bonds is 2. The third kappa shape index (κ3) is 2.99. The second-order valence-corrected chi connectivity index (χ2v) is 8.10. The van der Waals surface area contributed by atoms with Gasteiger partial charge in [0.05, 0.1) is 16.7 Å². The lowest BCUT2D eigenvalue weighted by Crippen LogP contribution is -2.43. The van der Waals surface area contributed by atoms with Gasteiger partial charge < -0.3 is 19.3 Å². The van der Waals surface area contributed by atoms with Crippen LogP contribution in [0.1, 0.15) is 45.2 Å². The van der Waals surface area contributed by atoms with Gasteiger partial charge in [0, 0.05) is 13.1 Å². The average molecular weight is 367 g/mol. The highest BCUT2D eigenvalue weighted by Crippen LogP contribution is 2.37. The fraction of sp³-hybridized carbons (Fsp3) is 0.611. The van der Waals surface area contributed by atoms with Gasteiger partial charge in [-0.15, -0.1) is 0 Å². The standard InChI is InChI=1S/C18H24BF2NO4/c1-17(2)18(3,4)26-19(25-17)14-13(20)8-10-6-7-11(22(5)16(23)24)9-12(10)15(14)21/h8,11H,6-7,9H2,1-5H3,(H,23,24). The van der Waals surface area contributed by atoms with Crippen LogP contribution in [0.3, 0.4) is 0 Å². The number of hydrogen-bond donors (Lipinski definition) is 1. The summed E-state index contributed by atoms with van der Waals surface area (Å²) in [5.41, 5.74) is -0.728. The van der Waals surface area contributed by atoms with E-state index in [-0.39, 0.29) is 17.9 Å². The number of benzene rings is 1. The molecule has 2 aliphatic rings. The first kappa shape index (κ1) is 19.1. The molecule has 0 spiro atoms. The number of likely N-dealkylation sites (N-methyl/N-ethyl adjacent to an activating group) is 1. The lowest BCUT2D eigenvalue weighted by Gasteiger charge is -2.32. The van der Waals surface area contributed by atoms with E-state index < -0.39 is 36.0 Å². The summed E-state index contributed by atoms with van der Waals surface area (Å²) in [5, 5.41) is 9.17. The van der Waals surface area contributed by atoms with Gasteiger partial charge in [-0.05, 0) is 64.2 Å². The SMILES string of the molecule is CN(C(=O)O)C1CCc2cc(F)c(B3OC(C)(C)C(C)(C)O3)c(F)c2C1. The molecule has 1 N–H and O–H groups in total. The van der Waals surface area contributed by atoms with Crippen LogP contribution in [0.25, 0.3) is 0 Å². The predicted molar refractivity (Wildman–Crippen MR) is 93.7 cm³/mol. The van der Waals surface area contributed by atoms with E-state index in [1.165, 1.54) is 18.0 Å². The van der Waals surface area contributed by atoms with Crippen molar-refractivity contribution in [1.29, 1.82) is 0 Å². The first-order valence-corrected chi connectivity index (χ1v) is 8.75. The van der Waals surface area contributed by atoms with Crippen LogP contribution in [-0.4, -0.2) is 47.5 Å². The van der Waals surface area contributed by atoms with Crippen LogP contribution in [0.5, 0.6) is 0 Å². The van der Waals surface area contributed by atoms with E-state index in [4.69, 9.17) is 9.31 Å². The number of aryl methyl sites for hydroxylation is 1. The van der Waals surface area contributed by atoms with Gasteiger partial charge in [-0.25, -0.2) is 13.6 Å². The van der Waals surface area contributed by atoms with E-state index in [1.807, 2.05) is 27.7 Å². The zero-order valence-electron chi connectivity index (χ0n) is 15.7. The summed E-state index contributed by atoms with van der Waals surface area (Å²) >= 11 is 0. The summed E-state index contributed by atoms with van der Waals surface area (Å²) in [4.78, 5) is 12.4. The summed E-state index contributed by atoms with van der Waals surface area (Å²) in [7, 11) is 0.331. The second kappa shape index (κ2) is 6.20. The molecular weight excluding hydrogens is 343 g/mol. The Kier molecular flexibility index (Phi) is 4.56. The van der Waals surface area contributed by atoms with Crippen LogP contribution in [0.2, 0.25) is 0 Å². The molecule has 0 saturated carbocycles. The highest BCUT2D eigenvalue weighted by Gasteiger charge is 2.53. The highest BCUT2D eigenvalue weighted by atomic mass is 19.1. The van der Waals surface area contributed by atoms with Gasteiger partial charge in [-0.2, -0.15) is 0 Å². The molecular formula is C18H24BF2NO4. The average Bonchev–Trinajstić information content (AvgIpc) is 2.74. The van der Waals surface area contributed by atoms with E-state index in [1.54, 1.807) is 0 Å². The highest BCUT2D eigenvalue weighted by molar-refractivity contribution is 6.62. The molecule has 142 valence electrons.